The van der Waals surface area contributed by atoms with Crippen LogP contribution in [0.1, 0.15) is 13.3 Å². The largest absolute Gasteiger partial charge is 0.322 e. The summed E-state index contributed by atoms with van der Waals surface area (Å²) in [6, 6.07) is 7.50. The number of sulfonamides is 1. The molecule has 1 amide bonds. The van der Waals surface area contributed by atoms with Gasteiger partial charge in [0.15, 0.2) is 0 Å². The van der Waals surface area contributed by atoms with Crippen molar-refractivity contribution < 1.29 is 22.0 Å². The summed E-state index contributed by atoms with van der Waals surface area (Å²) in [5, 5.41) is 2.72. The first-order chi connectivity index (χ1) is 12.1. The maximum Gasteiger partial charge on any atom is 0.248 e. The van der Waals surface area contributed by atoms with E-state index in [1.165, 1.54) is 24.3 Å². The minimum Gasteiger partial charge on any atom is -0.322 e. The molecule has 5 nitrogen and oxygen atoms in total. The van der Waals surface area contributed by atoms with E-state index in [1.54, 1.807) is 6.92 Å². The molecule has 0 aliphatic rings. The van der Waals surface area contributed by atoms with Gasteiger partial charge in [0.05, 0.1) is 17.6 Å². The molecule has 2 aromatic carbocycles. The van der Waals surface area contributed by atoms with Crippen molar-refractivity contribution in [2.75, 3.05) is 15.9 Å². The molecule has 0 fully saturated rings. The molecule has 140 valence electrons. The Morgan fingerprint density at radius 2 is 1.81 bits per heavy atom. The maximum atomic E-state index is 13.8. The Labute approximate surface area is 155 Å². The van der Waals surface area contributed by atoms with Crippen LogP contribution < -0.4 is 9.62 Å². The summed E-state index contributed by atoms with van der Waals surface area (Å²) in [4.78, 5) is 12.6. The molecule has 0 aromatic heterocycles. The Hall–Kier alpha value is -2.19. The molecule has 0 saturated carbocycles. The van der Waals surface area contributed by atoms with Gasteiger partial charge < -0.3 is 5.32 Å². The molecule has 0 spiro atoms. The van der Waals surface area contributed by atoms with Crippen LogP contribution >= 0.6 is 11.6 Å². The van der Waals surface area contributed by atoms with Crippen molar-refractivity contribution in [2.24, 2.45) is 0 Å². The lowest BCUT2D eigenvalue weighted by molar-refractivity contribution is -0.117. The zero-order valence-electron chi connectivity index (χ0n) is 14.0. The number of hydrogen-bond acceptors (Lipinski definition) is 3. The van der Waals surface area contributed by atoms with Crippen LogP contribution in [0.15, 0.2) is 42.5 Å². The number of anilines is 2. The summed E-state index contributed by atoms with van der Waals surface area (Å²) in [5.74, 6) is -2.48. The van der Waals surface area contributed by atoms with Gasteiger partial charge in [-0.2, -0.15) is 0 Å². The van der Waals surface area contributed by atoms with Gasteiger partial charge in [-0.3, -0.25) is 9.10 Å². The molecule has 1 atom stereocenters. The van der Waals surface area contributed by atoms with Crippen molar-refractivity contribution in [2.45, 2.75) is 19.4 Å². The standard InChI is InChI=1S/C17H17ClF2N2O3S/c1-3-16(17(23)21-15-9-6-12(19)10-14(15)20)22(26(2,24)25)13-7-4-11(18)5-8-13/h4-10,16H,3H2,1-2H3,(H,21,23)/t16-/m1/s1. The quantitative estimate of drug-likeness (QED) is 0.799. The van der Waals surface area contributed by atoms with Gasteiger partial charge in [0.25, 0.3) is 0 Å². The first kappa shape index (κ1) is 20.1. The average molecular weight is 403 g/mol. The van der Waals surface area contributed by atoms with Gasteiger partial charge in [0, 0.05) is 11.1 Å². The van der Waals surface area contributed by atoms with Crippen LogP contribution in [-0.4, -0.2) is 26.6 Å². The summed E-state index contributed by atoms with van der Waals surface area (Å²) in [7, 11) is -3.82. The number of hydrogen-bond donors (Lipinski definition) is 1. The van der Waals surface area contributed by atoms with Gasteiger partial charge in [-0.25, -0.2) is 17.2 Å². The van der Waals surface area contributed by atoms with Crippen molar-refractivity contribution in [3.63, 3.8) is 0 Å². The topological polar surface area (TPSA) is 66.5 Å². The van der Waals surface area contributed by atoms with E-state index in [0.717, 1.165) is 22.7 Å². The Bertz CT molecular complexity index is 905. The Balaban J connectivity index is 2.38. The minimum absolute atomic E-state index is 0.129. The zero-order chi connectivity index (χ0) is 19.5. The number of carbonyl (C=O) groups is 1. The molecule has 9 heteroatoms. The Kier molecular flexibility index (Phi) is 6.20. The highest BCUT2D eigenvalue weighted by molar-refractivity contribution is 7.92. The van der Waals surface area contributed by atoms with Crippen LogP contribution in [0.3, 0.4) is 0 Å². The minimum atomic E-state index is -3.82. The van der Waals surface area contributed by atoms with Crippen LogP contribution in [0.4, 0.5) is 20.2 Å². The summed E-state index contributed by atoms with van der Waals surface area (Å²) in [6.07, 6.45) is 1.10. The van der Waals surface area contributed by atoms with E-state index in [0.29, 0.717) is 11.1 Å². The molecule has 0 bridgehead atoms. The molecule has 1 N–H and O–H groups in total. The Morgan fingerprint density at radius 3 is 2.31 bits per heavy atom. The van der Waals surface area contributed by atoms with Crippen molar-refractivity contribution in [1.82, 2.24) is 0 Å². The van der Waals surface area contributed by atoms with Crippen LogP contribution in [0.25, 0.3) is 0 Å². The van der Waals surface area contributed by atoms with Gasteiger partial charge in [0.2, 0.25) is 15.9 Å². The first-order valence-electron chi connectivity index (χ1n) is 7.64. The second-order valence-electron chi connectivity index (χ2n) is 5.57. The van der Waals surface area contributed by atoms with Crippen LogP contribution in [0.5, 0.6) is 0 Å². The van der Waals surface area contributed by atoms with Crippen LogP contribution in [0.2, 0.25) is 5.02 Å². The van der Waals surface area contributed by atoms with Crippen molar-refractivity contribution in [1.29, 1.82) is 0 Å². The fourth-order valence-electron chi connectivity index (χ4n) is 2.46. The monoisotopic (exact) mass is 402 g/mol. The van der Waals surface area contributed by atoms with Gasteiger partial charge >= 0.3 is 0 Å². The predicted molar refractivity (Wildman–Crippen MR) is 97.8 cm³/mol. The molecule has 0 aliphatic carbocycles. The van der Waals surface area contributed by atoms with Crippen LogP contribution in [-0.2, 0) is 14.8 Å². The number of amides is 1. The van der Waals surface area contributed by atoms with E-state index >= 15 is 0 Å². The molecule has 0 radical (unpaired) electrons. The molecule has 0 aliphatic heterocycles. The molecule has 0 saturated heterocycles. The lowest BCUT2D eigenvalue weighted by Crippen LogP contribution is -2.47. The number of benzene rings is 2. The van der Waals surface area contributed by atoms with Gasteiger partial charge in [-0.15, -0.1) is 0 Å². The lowest BCUT2D eigenvalue weighted by atomic mass is 10.1. The van der Waals surface area contributed by atoms with Crippen molar-refractivity contribution >= 4 is 38.9 Å². The zero-order valence-corrected chi connectivity index (χ0v) is 15.6. The third-order valence-corrected chi connectivity index (χ3v) is 5.03. The molecular weight excluding hydrogens is 386 g/mol. The number of nitrogens with one attached hydrogen (secondary N) is 1. The highest BCUT2D eigenvalue weighted by Crippen LogP contribution is 2.25. The average Bonchev–Trinajstić information content (AvgIpc) is 2.55. The lowest BCUT2D eigenvalue weighted by Gasteiger charge is -2.30. The van der Waals surface area contributed by atoms with E-state index in [2.05, 4.69) is 5.32 Å². The normalized spacial score (nSPS) is 12.5. The smallest absolute Gasteiger partial charge is 0.248 e. The summed E-state index contributed by atoms with van der Waals surface area (Å²) in [5.41, 5.74) is 0.0119. The third-order valence-electron chi connectivity index (χ3n) is 3.60. The molecule has 2 rings (SSSR count). The van der Waals surface area contributed by atoms with Crippen LogP contribution in [0, 0.1) is 11.6 Å². The van der Waals surface area contributed by atoms with E-state index in [-0.39, 0.29) is 17.8 Å². The van der Waals surface area contributed by atoms with Gasteiger partial charge in [-0.1, -0.05) is 18.5 Å². The second kappa shape index (κ2) is 8.01. The molecule has 2 aromatic rings. The highest BCUT2D eigenvalue weighted by Gasteiger charge is 2.31. The highest BCUT2D eigenvalue weighted by atomic mass is 35.5. The molecule has 26 heavy (non-hydrogen) atoms. The molecule has 0 unspecified atom stereocenters. The number of carbonyl (C=O) groups excluding carboxylic acids is 1. The fourth-order valence-corrected chi connectivity index (χ4v) is 3.79. The van der Waals surface area contributed by atoms with E-state index in [4.69, 9.17) is 11.6 Å². The van der Waals surface area contributed by atoms with E-state index in [1.807, 2.05) is 0 Å². The fraction of sp³-hybridized carbons (Fsp3) is 0.235. The number of rotatable bonds is 6. The third kappa shape index (κ3) is 4.70. The predicted octanol–water partition coefficient (Wildman–Crippen LogP) is 3.80. The van der Waals surface area contributed by atoms with Crippen molar-refractivity contribution in [3.8, 4) is 0 Å². The van der Waals surface area contributed by atoms with E-state index < -0.39 is 33.6 Å². The summed E-state index contributed by atoms with van der Waals surface area (Å²) in [6.45, 7) is 1.62. The second-order valence-corrected chi connectivity index (χ2v) is 7.87. The Morgan fingerprint density at radius 1 is 1.19 bits per heavy atom. The van der Waals surface area contributed by atoms with Gasteiger partial charge in [0.1, 0.15) is 17.7 Å². The molecule has 0 heterocycles. The van der Waals surface area contributed by atoms with Gasteiger partial charge in [-0.05, 0) is 42.8 Å². The summed E-state index contributed by atoms with van der Waals surface area (Å²) >= 11 is 5.82. The van der Waals surface area contributed by atoms with Crippen molar-refractivity contribution in [3.05, 3.63) is 59.1 Å². The maximum absolute atomic E-state index is 13.8. The SMILES string of the molecule is CC[C@H](C(=O)Nc1ccc(F)cc1F)N(c1ccc(Cl)cc1)S(C)(=O)=O. The number of halogens is 3. The molecular formula is C17H17ClF2N2O3S. The van der Waals surface area contributed by atoms with E-state index in [9.17, 15) is 22.0 Å². The first-order valence-corrected chi connectivity index (χ1v) is 9.87. The summed E-state index contributed by atoms with van der Waals surface area (Å²) < 4.78 is 52.3. The number of nitrogens with zero attached hydrogens (tertiary/aromatic N) is 1.